The molecule has 1 unspecified atom stereocenters. The van der Waals surface area contributed by atoms with Gasteiger partial charge in [-0.2, -0.15) is 0 Å². The lowest BCUT2D eigenvalue weighted by Crippen LogP contribution is -2.14. The summed E-state index contributed by atoms with van der Waals surface area (Å²) >= 11 is 5.38. The Morgan fingerprint density at radius 1 is 1.33 bits per heavy atom. The summed E-state index contributed by atoms with van der Waals surface area (Å²) in [5, 5.41) is 9.21. The Hall–Kier alpha value is -0.340. The van der Waals surface area contributed by atoms with E-state index in [1.54, 1.807) is 12.1 Å². The lowest BCUT2D eigenvalue weighted by Gasteiger charge is -2.14. The van der Waals surface area contributed by atoms with E-state index < -0.39 is 13.5 Å². The van der Waals surface area contributed by atoms with Crippen LogP contribution in [0.4, 0.5) is 0 Å². The minimum Gasteiger partial charge on any atom is -0.391 e. The standard InChI is InChI=1S/C10H14ClO3P/c11-6-10(12)8-15(13,14)7-9-4-2-1-3-5-9/h1-5,10,12H,6-8H2,(H,13,14)/t10-/m0/s1. The van der Waals surface area contributed by atoms with Crippen molar-refractivity contribution in [2.24, 2.45) is 0 Å². The fourth-order valence-corrected chi connectivity index (χ4v) is 3.27. The van der Waals surface area contributed by atoms with E-state index in [9.17, 15) is 14.6 Å². The third-order valence-corrected chi connectivity index (χ3v) is 4.15. The van der Waals surface area contributed by atoms with Crippen molar-refractivity contribution >= 4 is 19.0 Å². The molecule has 0 aromatic heterocycles. The van der Waals surface area contributed by atoms with Crippen LogP contribution >= 0.6 is 19.0 Å². The van der Waals surface area contributed by atoms with E-state index in [2.05, 4.69) is 0 Å². The third kappa shape index (κ3) is 4.80. The number of rotatable bonds is 5. The molecule has 0 amide bonds. The van der Waals surface area contributed by atoms with Crippen molar-refractivity contribution < 1.29 is 14.6 Å². The molecule has 0 saturated heterocycles. The van der Waals surface area contributed by atoms with Crippen LogP contribution in [-0.4, -0.2) is 28.1 Å². The second-order valence-electron chi connectivity index (χ2n) is 3.48. The highest BCUT2D eigenvalue weighted by Gasteiger charge is 2.22. The monoisotopic (exact) mass is 248 g/mol. The molecule has 84 valence electrons. The van der Waals surface area contributed by atoms with Crippen LogP contribution in [0.15, 0.2) is 30.3 Å². The Morgan fingerprint density at radius 3 is 2.47 bits per heavy atom. The summed E-state index contributed by atoms with van der Waals surface area (Å²) in [4.78, 5) is 9.61. The first-order valence-corrected chi connectivity index (χ1v) is 7.19. The first kappa shape index (κ1) is 12.7. The predicted octanol–water partition coefficient (Wildman–Crippen LogP) is 2.06. The maximum atomic E-state index is 11.7. The Morgan fingerprint density at radius 2 is 1.93 bits per heavy atom. The van der Waals surface area contributed by atoms with E-state index in [0.717, 1.165) is 5.56 Å². The van der Waals surface area contributed by atoms with Crippen LogP contribution < -0.4 is 0 Å². The van der Waals surface area contributed by atoms with Crippen LogP contribution in [0.5, 0.6) is 0 Å². The van der Waals surface area contributed by atoms with Crippen molar-refractivity contribution in [3.05, 3.63) is 35.9 Å². The van der Waals surface area contributed by atoms with E-state index in [1.165, 1.54) is 0 Å². The van der Waals surface area contributed by atoms with Gasteiger partial charge in [0, 0.05) is 12.0 Å². The molecule has 0 aliphatic heterocycles. The molecule has 0 fully saturated rings. The largest absolute Gasteiger partial charge is 0.391 e. The number of aliphatic hydroxyl groups is 1. The third-order valence-electron chi connectivity index (χ3n) is 1.95. The fourth-order valence-electron chi connectivity index (χ4n) is 1.31. The fraction of sp³-hybridized carbons (Fsp3) is 0.400. The Bertz CT molecular complexity index is 342. The molecular formula is C10H14ClO3P. The molecular weight excluding hydrogens is 235 g/mol. The second-order valence-corrected chi connectivity index (χ2v) is 6.16. The molecule has 0 heterocycles. The van der Waals surface area contributed by atoms with Gasteiger partial charge in [-0.15, -0.1) is 11.6 Å². The number of hydrogen-bond donors (Lipinski definition) is 2. The van der Waals surface area contributed by atoms with Gasteiger partial charge in [0.25, 0.3) is 0 Å². The minimum absolute atomic E-state index is 0.0145. The minimum atomic E-state index is -3.32. The van der Waals surface area contributed by atoms with E-state index in [1.807, 2.05) is 18.2 Å². The molecule has 0 bridgehead atoms. The molecule has 5 heteroatoms. The van der Waals surface area contributed by atoms with E-state index >= 15 is 0 Å². The molecule has 0 aliphatic carbocycles. The highest BCUT2D eigenvalue weighted by Crippen LogP contribution is 2.44. The highest BCUT2D eigenvalue weighted by molar-refractivity contribution is 7.57. The van der Waals surface area contributed by atoms with Crippen molar-refractivity contribution in [1.82, 2.24) is 0 Å². The molecule has 15 heavy (non-hydrogen) atoms. The summed E-state index contributed by atoms with van der Waals surface area (Å²) in [5.41, 5.74) is 0.796. The van der Waals surface area contributed by atoms with E-state index in [4.69, 9.17) is 11.6 Å². The maximum absolute atomic E-state index is 11.7. The Labute approximate surface area is 94.2 Å². The summed E-state index contributed by atoms with van der Waals surface area (Å²) in [7, 11) is -3.32. The van der Waals surface area contributed by atoms with Crippen LogP contribution in [-0.2, 0) is 10.7 Å². The lowest BCUT2D eigenvalue weighted by atomic mass is 10.2. The quantitative estimate of drug-likeness (QED) is 0.619. The van der Waals surface area contributed by atoms with Gasteiger partial charge >= 0.3 is 0 Å². The highest BCUT2D eigenvalue weighted by atomic mass is 35.5. The zero-order valence-electron chi connectivity index (χ0n) is 8.21. The van der Waals surface area contributed by atoms with Gasteiger partial charge in [-0.25, -0.2) is 0 Å². The normalized spacial score (nSPS) is 17.0. The molecule has 1 rings (SSSR count). The maximum Gasteiger partial charge on any atom is 0.207 e. The van der Waals surface area contributed by atoms with Gasteiger partial charge in [0.1, 0.15) is 0 Å². The molecule has 1 aromatic carbocycles. The number of benzene rings is 1. The zero-order valence-corrected chi connectivity index (χ0v) is 9.86. The topological polar surface area (TPSA) is 57.5 Å². The van der Waals surface area contributed by atoms with Crippen molar-refractivity contribution in [1.29, 1.82) is 0 Å². The zero-order chi connectivity index (χ0) is 11.3. The predicted molar refractivity (Wildman–Crippen MR) is 61.6 cm³/mol. The molecule has 1 aromatic rings. The summed E-state index contributed by atoms with van der Waals surface area (Å²) in [6.45, 7) is 0. The Kier molecular flexibility index (Phi) is 4.81. The number of halogens is 1. The molecule has 0 aliphatic rings. The molecule has 0 radical (unpaired) electrons. The number of alkyl halides is 1. The van der Waals surface area contributed by atoms with Crippen LogP contribution in [0, 0.1) is 0 Å². The van der Waals surface area contributed by atoms with Crippen molar-refractivity contribution in [3.8, 4) is 0 Å². The van der Waals surface area contributed by atoms with Gasteiger partial charge in [-0.05, 0) is 5.56 Å². The van der Waals surface area contributed by atoms with Gasteiger partial charge < -0.3 is 10.00 Å². The van der Waals surface area contributed by atoms with Gasteiger partial charge in [0.05, 0.1) is 12.3 Å². The van der Waals surface area contributed by atoms with E-state index in [0.29, 0.717) is 0 Å². The van der Waals surface area contributed by atoms with Gasteiger partial charge in [0.15, 0.2) is 0 Å². The van der Waals surface area contributed by atoms with E-state index in [-0.39, 0.29) is 18.2 Å². The first-order valence-electron chi connectivity index (χ1n) is 4.62. The first-order chi connectivity index (χ1) is 7.03. The molecule has 0 saturated carbocycles. The Balaban J connectivity index is 2.61. The summed E-state index contributed by atoms with van der Waals surface area (Å²) < 4.78 is 11.7. The number of aliphatic hydroxyl groups excluding tert-OH is 1. The van der Waals surface area contributed by atoms with Gasteiger partial charge in [0.2, 0.25) is 7.37 Å². The van der Waals surface area contributed by atoms with Gasteiger partial charge in [-0.1, -0.05) is 30.3 Å². The average molecular weight is 249 g/mol. The second kappa shape index (κ2) is 5.66. The summed E-state index contributed by atoms with van der Waals surface area (Å²) in [6, 6.07) is 9.05. The average Bonchev–Trinajstić information content (AvgIpc) is 2.17. The lowest BCUT2D eigenvalue weighted by molar-refractivity contribution is 0.217. The van der Waals surface area contributed by atoms with Crippen LogP contribution in [0.3, 0.4) is 0 Å². The van der Waals surface area contributed by atoms with Crippen LogP contribution in [0.1, 0.15) is 5.56 Å². The van der Waals surface area contributed by atoms with Crippen LogP contribution in [0.25, 0.3) is 0 Å². The SMILES string of the molecule is O=P(O)(Cc1ccccc1)C[C@@H](O)CCl. The van der Waals surface area contributed by atoms with Crippen molar-refractivity contribution in [3.63, 3.8) is 0 Å². The molecule has 2 N–H and O–H groups in total. The van der Waals surface area contributed by atoms with Crippen molar-refractivity contribution in [2.75, 3.05) is 12.0 Å². The van der Waals surface area contributed by atoms with Gasteiger partial charge in [-0.3, -0.25) is 4.57 Å². The molecule has 0 spiro atoms. The smallest absolute Gasteiger partial charge is 0.207 e. The molecule has 3 nitrogen and oxygen atoms in total. The molecule has 2 atom stereocenters. The summed E-state index contributed by atoms with van der Waals surface area (Å²) in [6.07, 6.45) is -0.973. The number of hydrogen-bond acceptors (Lipinski definition) is 2. The van der Waals surface area contributed by atoms with Crippen molar-refractivity contribution in [2.45, 2.75) is 12.3 Å². The summed E-state index contributed by atoms with van der Waals surface area (Å²) in [5.74, 6) is -0.0145. The van der Waals surface area contributed by atoms with Crippen LogP contribution in [0.2, 0.25) is 0 Å².